The predicted octanol–water partition coefficient (Wildman–Crippen LogP) is 1.29. The molecule has 0 fully saturated rings. The minimum absolute atomic E-state index is 0.337. The van der Waals surface area contributed by atoms with Gasteiger partial charge in [0, 0.05) is 19.2 Å². The quantitative estimate of drug-likeness (QED) is 0.848. The van der Waals surface area contributed by atoms with Gasteiger partial charge in [-0.3, -0.25) is 0 Å². The van der Waals surface area contributed by atoms with Crippen molar-refractivity contribution in [3.8, 4) is 0 Å². The highest BCUT2D eigenvalue weighted by Crippen LogP contribution is 2.24. The number of aliphatic hydroxyl groups is 1. The van der Waals surface area contributed by atoms with Crippen LogP contribution in [0.4, 0.5) is 5.82 Å². The van der Waals surface area contributed by atoms with Gasteiger partial charge in [0.2, 0.25) is 0 Å². The van der Waals surface area contributed by atoms with Crippen molar-refractivity contribution in [2.24, 2.45) is 0 Å². The van der Waals surface area contributed by atoms with E-state index in [1.54, 1.807) is 11.4 Å². The topological polar surface area (TPSA) is 66.5 Å². The first kappa shape index (κ1) is 13.0. The molecule has 18 heavy (non-hydrogen) atoms. The molecule has 0 amide bonds. The number of aromatic nitrogens is 4. The molecular weight excluding hydrogens is 254 g/mol. The molecule has 1 atom stereocenters. The second kappa shape index (κ2) is 5.07. The summed E-state index contributed by atoms with van der Waals surface area (Å²) in [6, 6.07) is 0. The van der Waals surface area contributed by atoms with Gasteiger partial charge in [0.05, 0.1) is 6.10 Å². The van der Waals surface area contributed by atoms with Crippen LogP contribution in [-0.2, 0) is 0 Å². The highest BCUT2D eigenvalue weighted by Gasteiger charge is 2.15. The van der Waals surface area contributed by atoms with Crippen LogP contribution in [0.25, 0.3) is 5.78 Å². The second-order valence-corrected chi connectivity index (χ2v) is 4.74. The Hall–Kier alpha value is -1.40. The molecule has 98 valence electrons. The van der Waals surface area contributed by atoms with E-state index >= 15 is 0 Å². The number of rotatable bonds is 4. The maximum Gasteiger partial charge on any atom is 0.255 e. The number of hydrogen-bond acceptors (Lipinski definition) is 5. The molecule has 1 unspecified atom stereocenters. The lowest BCUT2D eigenvalue weighted by atomic mass is 10.2. The summed E-state index contributed by atoms with van der Waals surface area (Å²) >= 11 is 6.09. The van der Waals surface area contributed by atoms with Crippen molar-refractivity contribution >= 4 is 23.2 Å². The van der Waals surface area contributed by atoms with Crippen LogP contribution < -0.4 is 4.90 Å². The Labute approximate surface area is 110 Å². The van der Waals surface area contributed by atoms with E-state index in [1.807, 2.05) is 18.9 Å². The Kier molecular flexibility index (Phi) is 3.68. The average Bonchev–Trinajstić information content (AvgIpc) is 2.74. The molecule has 2 heterocycles. The molecule has 1 N–H and O–H groups in total. The van der Waals surface area contributed by atoms with Crippen LogP contribution in [0.2, 0.25) is 5.15 Å². The molecule has 6 nitrogen and oxygen atoms in total. The fourth-order valence-corrected chi connectivity index (χ4v) is 1.98. The molecule has 2 aromatic rings. The van der Waals surface area contributed by atoms with E-state index in [-0.39, 0.29) is 6.10 Å². The van der Waals surface area contributed by atoms with Crippen molar-refractivity contribution < 1.29 is 5.11 Å². The molecular formula is C11H16ClN5O. The van der Waals surface area contributed by atoms with E-state index in [9.17, 15) is 5.11 Å². The zero-order valence-corrected chi connectivity index (χ0v) is 11.4. The molecule has 0 aliphatic carbocycles. The van der Waals surface area contributed by atoms with Crippen LogP contribution >= 0.6 is 11.6 Å². The summed E-state index contributed by atoms with van der Waals surface area (Å²) in [5.41, 5.74) is 0.850. The first-order valence-electron chi connectivity index (χ1n) is 5.75. The van der Waals surface area contributed by atoms with E-state index in [0.717, 1.165) is 11.4 Å². The van der Waals surface area contributed by atoms with Crippen molar-refractivity contribution in [2.45, 2.75) is 26.4 Å². The lowest BCUT2D eigenvalue weighted by Gasteiger charge is -2.22. The van der Waals surface area contributed by atoms with Gasteiger partial charge in [-0.05, 0) is 20.3 Å². The van der Waals surface area contributed by atoms with E-state index < -0.39 is 0 Å². The Morgan fingerprint density at radius 1 is 1.56 bits per heavy atom. The van der Waals surface area contributed by atoms with Gasteiger partial charge in [0.15, 0.2) is 0 Å². The Morgan fingerprint density at radius 3 is 2.94 bits per heavy atom. The number of fused-ring (bicyclic) bond motifs is 1. The summed E-state index contributed by atoms with van der Waals surface area (Å²) in [4.78, 5) is 10.2. The van der Waals surface area contributed by atoms with Crippen LogP contribution in [0.3, 0.4) is 0 Å². The molecule has 2 rings (SSSR count). The van der Waals surface area contributed by atoms with Gasteiger partial charge in [-0.2, -0.15) is 19.6 Å². The Bertz CT molecular complexity index is 554. The van der Waals surface area contributed by atoms with Crippen LogP contribution in [0.1, 0.15) is 18.9 Å². The number of anilines is 1. The largest absolute Gasteiger partial charge is 0.393 e. The van der Waals surface area contributed by atoms with Crippen LogP contribution in [-0.4, -0.2) is 44.4 Å². The third-order valence-corrected chi connectivity index (χ3v) is 3.19. The van der Waals surface area contributed by atoms with Gasteiger partial charge in [-0.15, -0.1) is 0 Å². The Morgan fingerprint density at radius 2 is 2.28 bits per heavy atom. The fraction of sp³-hybridized carbons (Fsp3) is 0.545. The van der Waals surface area contributed by atoms with Crippen LogP contribution in [0, 0.1) is 6.92 Å². The predicted molar refractivity (Wildman–Crippen MR) is 70.1 cm³/mol. The van der Waals surface area contributed by atoms with E-state index in [0.29, 0.717) is 23.9 Å². The van der Waals surface area contributed by atoms with Gasteiger partial charge in [0.25, 0.3) is 5.78 Å². The minimum Gasteiger partial charge on any atom is -0.393 e. The minimum atomic E-state index is -0.337. The monoisotopic (exact) mass is 269 g/mol. The molecule has 2 aromatic heterocycles. The standard InChI is InChI=1S/C11H16ClN5O/c1-7(18)4-5-16(3)10-8(2)9(12)15-11-13-6-14-17(10)11/h6-7,18H,4-5H2,1-3H3. The lowest BCUT2D eigenvalue weighted by Crippen LogP contribution is -2.25. The van der Waals surface area contributed by atoms with Gasteiger partial charge in [0.1, 0.15) is 17.3 Å². The number of nitrogens with zero attached hydrogens (tertiary/aromatic N) is 5. The van der Waals surface area contributed by atoms with Crippen molar-refractivity contribution in [3.63, 3.8) is 0 Å². The van der Waals surface area contributed by atoms with Crippen molar-refractivity contribution in [2.75, 3.05) is 18.5 Å². The van der Waals surface area contributed by atoms with E-state index in [4.69, 9.17) is 11.6 Å². The van der Waals surface area contributed by atoms with Gasteiger partial charge >= 0.3 is 0 Å². The number of hydrogen-bond donors (Lipinski definition) is 1. The number of aliphatic hydroxyl groups excluding tert-OH is 1. The SMILES string of the molecule is Cc1c(Cl)nc2ncnn2c1N(C)CCC(C)O. The summed E-state index contributed by atoms with van der Waals surface area (Å²) in [7, 11) is 1.93. The highest BCUT2D eigenvalue weighted by molar-refractivity contribution is 6.30. The zero-order valence-electron chi connectivity index (χ0n) is 10.6. The zero-order chi connectivity index (χ0) is 13.3. The summed E-state index contributed by atoms with van der Waals surface area (Å²) in [6.07, 6.45) is 1.78. The fourth-order valence-electron chi connectivity index (χ4n) is 1.82. The molecule has 0 bridgehead atoms. The third-order valence-electron chi connectivity index (χ3n) is 2.82. The summed E-state index contributed by atoms with van der Waals surface area (Å²) < 4.78 is 1.66. The van der Waals surface area contributed by atoms with E-state index in [1.165, 1.54) is 6.33 Å². The smallest absolute Gasteiger partial charge is 0.255 e. The third kappa shape index (κ3) is 2.39. The van der Waals surface area contributed by atoms with Crippen molar-refractivity contribution in [3.05, 3.63) is 17.0 Å². The first-order chi connectivity index (χ1) is 8.50. The molecule has 0 radical (unpaired) electrons. The molecule has 0 aromatic carbocycles. The van der Waals surface area contributed by atoms with E-state index in [2.05, 4.69) is 15.1 Å². The second-order valence-electron chi connectivity index (χ2n) is 4.38. The van der Waals surface area contributed by atoms with Crippen molar-refractivity contribution in [1.29, 1.82) is 0 Å². The number of halogens is 1. The average molecular weight is 270 g/mol. The van der Waals surface area contributed by atoms with Crippen molar-refractivity contribution in [1.82, 2.24) is 19.6 Å². The molecule has 0 aliphatic rings. The summed E-state index contributed by atoms with van der Waals surface area (Å²) in [6.45, 7) is 4.36. The highest BCUT2D eigenvalue weighted by atomic mass is 35.5. The lowest BCUT2D eigenvalue weighted by molar-refractivity contribution is 0.186. The summed E-state index contributed by atoms with van der Waals surface area (Å²) in [5, 5.41) is 13.9. The normalized spacial score (nSPS) is 12.9. The maximum absolute atomic E-state index is 9.35. The molecule has 0 saturated carbocycles. The molecule has 0 saturated heterocycles. The molecule has 0 aliphatic heterocycles. The molecule has 7 heteroatoms. The van der Waals surface area contributed by atoms with Gasteiger partial charge < -0.3 is 10.0 Å². The summed E-state index contributed by atoms with van der Waals surface area (Å²) in [5.74, 6) is 1.33. The molecule has 0 spiro atoms. The van der Waals surface area contributed by atoms with Gasteiger partial charge in [-0.25, -0.2) is 0 Å². The first-order valence-corrected chi connectivity index (χ1v) is 6.13. The van der Waals surface area contributed by atoms with Gasteiger partial charge in [-0.1, -0.05) is 11.6 Å². The Balaban J connectivity index is 2.41. The van der Waals surface area contributed by atoms with Crippen LogP contribution in [0.5, 0.6) is 0 Å². The van der Waals surface area contributed by atoms with Crippen LogP contribution in [0.15, 0.2) is 6.33 Å². The maximum atomic E-state index is 9.35.